The van der Waals surface area contributed by atoms with Gasteiger partial charge in [0.1, 0.15) is 0 Å². The first-order valence-electron chi connectivity index (χ1n) is 12.2. The predicted octanol–water partition coefficient (Wildman–Crippen LogP) is 6.21. The first kappa shape index (κ1) is 19.6. The summed E-state index contributed by atoms with van der Waals surface area (Å²) in [5.41, 5.74) is 3.81. The summed E-state index contributed by atoms with van der Waals surface area (Å²) in [6.07, 6.45) is 16.0. The molecule has 1 heterocycles. The van der Waals surface area contributed by atoms with Crippen molar-refractivity contribution in [3.8, 4) is 0 Å². The number of aromatic nitrogens is 2. The third kappa shape index (κ3) is 2.75. The lowest BCUT2D eigenvalue weighted by Crippen LogP contribution is -2.52. The van der Waals surface area contributed by atoms with Crippen LogP contribution in [0.15, 0.2) is 11.8 Å². The fourth-order valence-corrected chi connectivity index (χ4v) is 8.20. The van der Waals surface area contributed by atoms with Crippen molar-refractivity contribution >= 4 is 11.9 Å². The van der Waals surface area contributed by atoms with E-state index in [2.05, 4.69) is 38.9 Å². The van der Waals surface area contributed by atoms with Crippen LogP contribution in [-0.4, -0.2) is 15.6 Å². The number of Topliss-reactive ketones (excluding diaryl/α,β-unsaturated/α-hetero) is 1. The number of ketones is 1. The van der Waals surface area contributed by atoms with E-state index in [4.69, 9.17) is 0 Å². The van der Waals surface area contributed by atoms with Crippen LogP contribution in [0.2, 0.25) is 0 Å². The van der Waals surface area contributed by atoms with Gasteiger partial charge < -0.3 is 0 Å². The summed E-state index contributed by atoms with van der Waals surface area (Å²) in [5, 5.41) is 4.49. The Bertz CT molecular complexity index is 851. The van der Waals surface area contributed by atoms with E-state index >= 15 is 0 Å². The number of rotatable bonds is 2. The van der Waals surface area contributed by atoms with Crippen LogP contribution in [0.4, 0.5) is 0 Å². The predicted molar refractivity (Wildman–Crippen MR) is 117 cm³/mol. The van der Waals surface area contributed by atoms with Gasteiger partial charge in [0.05, 0.1) is 6.20 Å². The van der Waals surface area contributed by atoms with Crippen molar-refractivity contribution in [2.75, 3.05) is 0 Å². The highest BCUT2D eigenvalue weighted by Gasteiger charge is 2.60. The van der Waals surface area contributed by atoms with Crippen LogP contribution in [0.5, 0.6) is 0 Å². The molecular weight excluding hydrogens is 356 g/mol. The highest BCUT2D eigenvalue weighted by Crippen LogP contribution is 2.66. The van der Waals surface area contributed by atoms with Crippen LogP contribution < -0.4 is 0 Å². The Morgan fingerprint density at radius 3 is 2.72 bits per heavy atom. The molecule has 0 bridgehead atoms. The molecule has 0 N–H and O–H groups in total. The van der Waals surface area contributed by atoms with Crippen molar-refractivity contribution in [2.24, 2.45) is 34.5 Å². The minimum absolute atomic E-state index is 0.125. The summed E-state index contributed by atoms with van der Waals surface area (Å²) in [4.78, 5) is 13.6. The van der Waals surface area contributed by atoms with Gasteiger partial charge in [-0.25, -0.2) is 0 Å². The fourth-order valence-electron chi connectivity index (χ4n) is 8.20. The fraction of sp³-hybridized carbons (Fsp3) is 0.769. The highest BCUT2D eigenvalue weighted by atomic mass is 16.1. The maximum atomic E-state index is 13.6. The quantitative estimate of drug-likeness (QED) is 0.559. The summed E-state index contributed by atoms with van der Waals surface area (Å²) >= 11 is 0. The minimum atomic E-state index is -0.125. The molecule has 0 saturated heterocycles. The van der Waals surface area contributed by atoms with Gasteiger partial charge in [0, 0.05) is 23.2 Å². The summed E-state index contributed by atoms with van der Waals surface area (Å²) in [6.45, 7) is 10.0. The molecule has 4 fully saturated rings. The van der Waals surface area contributed by atoms with Gasteiger partial charge in [-0.2, -0.15) is 5.10 Å². The Morgan fingerprint density at radius 1 is 1.14 bits per heavy atom. The number of carbonyl (C=O) groups excluding carboxylic acids is 1. The molecule has 0 aromatic carbocycles. The molecular formula is C26H38N2O. The number of hydrogen-bond donors (Lipinski definition) is 0. The maximum absolute atomic E-state index is 13.6. The number of hydrogen-bond acceptors (Lipinski definition) is 2. The van der Waals surface area contributed by atoms with Crippen molar-refractivity contribution in [3.05, 3.63) is 23.0 Å². The van der Waals surface area contributed by atoms with Gasteiger partial charge in [-0.3, -0.25) is 9.48 Å². The molecule has 4 saturated carbocycles. The first-order valence-corrected chi connectivity index (χ1v) is 12.2. The van der Waals surface area contributed by atoms with Crippen LogP contribution in [0, 0.1) is 41.4 Å². The average Bonchev–Trinajstić information content (AvgIpc) is 3.19. The van der Waals surface area contributed by atoms with E-state index in [9.17, 15) is 4.79 Å². The lowest BCUT2D eigenvalue weighted by molar-refractivity contribution is -0.137. The van der Waals surface area contributed by atoms with Crippen LogP contribution >= 0.6 is 0 Å². The third-order valence-electron chi connectivity index (χ3n) is 9.99. The molecule has 4 aliphatic rings. The average molecular weight is 395 g/mol. The van der Waals surface area contributed by atoms with E-state index in [-0.39, 0.29) is 5.41 Å². The lowest BCUT2D eigenvalue weighted by atomic mass is 9.45. The molecule has 29 heavy (non-hydrogen) atoms. The monoisotopic (exact) mass is 394 g/mol. The van der Waals surface area contributed by atoms with E-state index in [0.717, 1.165) is 48.3 Å². The van der Waals surface area contributed by atoms with Crippen molar-refractivity contribution < 1.29 is 4.79 Å². The first-order chi connectivity index (χ1) is 13.9. The van der Waals surface area contributed by atoms with E-state index in [1.807, 2.05) is 10.9 Å². The number of nitrogens with zero attached hydrogens (tertiary/aromatic N) is 2. The zero-order chi connectivity index (χ0) is 20.4. The Kier molecular flexibility index (Phi) is 4.60. The van der Waals surface area contributed by atoms with E-state index < -0.39 is 0 Å². The van der Waals surface area contributed by atoms with Crippen molar-refractivity contribution in [3.63, 3.8) is 0 Å². The molecule has 0 radical (unpaired) electrons. The molecule has 5 rings (SSSR count). The Morgan fingerprint density at radius 2 is 1.97 bits per heavy atom. The zero-order valence-electron chi connectivity index (χ0n) is 18.8. The van der Waals surface area contributed by atoms with Gasteiger partial charge in [0.25, 0.3) is 0 Å². The molecule has 4 aliphatic carbocycles. The second-order valence-electron chi connectivity index (χ2n) is 11.1. The van der Waals surface area contributed by atoms with Gasteiger partial charge in [-0.05, 0) is 99.5 Å². The normalized spacial score (nSPS) is 43.2. The third-order valence-corrected chi connectivity index (χ3v) is 9.99. The number of allylic oxidation sites excluding steroid dienone is 1. The molecule has 0 aliphatic heterocycles. The Hall–Kier alpha value is -1.38. The van der Waals surface area contributed by atoms with Gasteiger partial charge >= 0.3 is 0 Å². The highest BCUT2D eigenvalue weighted by molar-refractivity contribution is 6.06. The molecule has 3 nitrogen and oxygen atoms in total. The zero-order valence-corrected chi connectivity index (χ0v) is 18.8. The molecule has 1 aromatic heterocycles. The van der Waals surface area contributed by atoms with Crippen LogP contribution in [-0.2, 0) is 11.3 Å². The van der Waals surface area contributed by atoms with Gasteiger partial charge in [0.2, 0.25) is 0 Å². The van der Waals surface area contributed by atoms with Gasteiger partial charge in [-0.1, -0.05) is 26.7 Å². The van der Waals surface area contributed by atoms with E-state index in [1.165, 1.54) is 50.6 Å². The molecule has 0 amide bonds. The second-order valence-corrected chi connectivity index (χ2v) is 11.1. The van der Waals surface area contributed by atoms with Gasteiger partial charge in [-0.15, -0.1) is 0 Å². The summed E-state index contributed by atoms with van der Waals surface area (Å²) in [7, 11) is 0. The molecule has 1 aromatic rings. The number of carbonyl (C=O) groups is 1. The van der Waals surface area contributed by atoms with E-state index in [0.29, 0.717) is 17.1 Å². The molecule has 0 unspecified atom stereocenters. The lowest BCUT2D eigenvalue weighted by Gasteiger charge is -2.59. The standard InChI is InChI=1S/C26H38N2O/c1-5-28-17(2)19(16-27-28)14-18-15-23-21-10-9-20-8-6-7-12-25(20,3)22(21)11-13-26(23,4)24(18)29/h14,16,20-23H,5-13,15H2,1-4H3/b18-14+/t20-,21+,22-,23-,25+,26-/m1/s1. The van der Waals surface area contributed by atoms with Gasteiger partial charge in [0.15, 0.2) is 5.78 Å². The largest absolute Gasteiger partial charge is 0.294 e. The van der Waals surface area contributed by atoms with Crippen LogP contribution in [0.3, 0.4) is 0 Å². The summed E-state index contributed by atoms with van der Waals surface area (Å²) in [5.74, 6) is 3.54. The molecule has 6 atom stereocenters. The van der Waals surface area contributed by atoms with Crippen molar-refractivity contribution in [1.29, 1.82) is 0 Å². The second kappa shape index (κ2) is 6.82. The SMILES string of the molecule is CCn1ncc(/C=C2\C[C@@H]3[C@H]4CC[C@H]5CCCC[C@]5(C)[C@@H]4CC[C@@]3(C)C2=O)c1C. The van der Waals surface area contributed by atoms with Crippen LogP contribution in [0.1, 0.15) is 89.8 Å². The summed E-state index contributed by atoms with van der Waals surface area (Å²) < 4.78 is 2.03. The minimum Gasteiger partial charge on any atom is -0.294 e. The topological polar surface area (TPSA) is 34.9 Å². The molecule has 158 valence electrons. The number of fused-ring (bicyclic) bond motifs is 5. The maximum Gasteiger partial charge on any atom is 0.165 e. The summed E-state index contributed by atoms with van der Waals surface area (Å²) in [6, 6.07) is 0. The Labute approximate surface area is 176 Å². The number of aryl methyl sites for hydroxylation is 1. The molecule has 0 spiro atoms. The van der Waals surface area contributed by atoms with Crippen molar-refractivity contribution in [1.82, 2.24) is 9.78 Å². The Balaban J connectivity index is 1.46. The molecule has 3 heteroatoms. The van der Waals surface area contributed by atoms with Crippen molar-refractivity contribution in [2.45, 2.75) is 92.0 Å². The van der Waals surface area contributed by atoms with Crippen LogP contribution in [0.25, 0.3) is 6.08 Å². The smallest absolute Gasteiger partial charge is 0.165 e. The van der Waals surface area contributed by atoms with E-state index in [1.54, 1.807) is 0 Å².